The van der Waals surface area contributed by atoms with Crippen LogP contribution in [0.2, 0.25) is 0 Å². The molecule has 1 saturated heterocycles. The van der Waals surface area contributed by atoms with Gasteiger partial charge in [0, 0.05) is 12.2 Å². The molecule has 1 atom stereocenters. The molecular formula is C17H23N3O2. The number of carbonyl (C=O) groups is 1. The largest absolute Gasteiger partial charge is 0.465 e. The van der Waals surface area contributed by atoms with E-state index in [0.29, 0.717) is 17.6 Å². The fourth-order valence-electron chi connectivity index (χ4n) is 3.34. The minimum atomic E-state index is -0.314. The lowest BCUT2D eigenvalue weighted by molar-refractivity contribution is 0.0600. The third-order valence-corrected chi connectivity index (χ3v) is 4.48. The lowest BCUT2D eigenvalue weighted by atomic mass is 9.99. The maximum atomic E-state index is 11.8. The van der Waals surface area contributed by atoms with Gasteiger partial charge in [0.2, 0.25) is 0 Å². The number of carbonyl (C=O) groups excluding carboxylic acids is 1. The average Bonchev–Trinajstić information content (AvgIpc) is 2.96. The first-order valence-corrected chi connectivity index (χ1v) is 7.93. The van der Waals surface area contributed by atoms with Crippen LogP contribution in [0.25, 0.3) is 5.52 Å². The Labute approximate surface area is 130 Å². The molecule has 1 fully saturated rings. The molecular weight excluding hydrogens is 278 g/mol. The van der Waals surface area contributed by atoms with Crippen molar-refractivity contribution >= 4 is 11.5 Å². The highest BCUT2D eigenvalue weighted by Crippen LogP contribution is 2.32. The van der Waals surface area contributed by atoms with Gasteiger partial charge < -0.3 is 9.14 Å². The van der Waals surface area contributed by atoms with Crippen LogP contribution in [0.15, 0.2) is 24.5 Å². The predicted octanol–water partition coefficient (Wildman–Crippen LogP) is 3.06. The summed E-state index contributed by atoms with van der Waals surface area (Å²) < 4.78 is 6.86. The van der Waals surface area contributed by atoms with Crippen LogP contribution in [0.5, 0.6) is 0 Å². The second kappa shape index (κ2) is 6.08. The van der Waals surface area contributed by atoms with Crippen molar-refractivity contribution in [2.75, 3.05) is 13.7 Å². The Balaban J connectivity index is 2.04. The van der Waals surface area contributed by atoms with E-state index in [4.69, 9.17) is 4.74 Å². The standard InChI is InChI=1S/C17H23N3O2/c1-12(2)19-9-5-4-6-15(19)16-18-10-14-8-7-13(11-20(14)16)17(21)22-3/h7-8,10-12,15H,4-6,9H2,1-3H3. The van der Waals surface area contributed by atoms with E-state index >= 15 is 0 Å². The van der Waals surface area contributed by atoms with E-state index in [1.165, 1.54) is 20.0 Å². The maximum Gasteiger partial charge on any atom is 0.339 e. The van der Waals surface area contributed by atoms with Crippen LogP contribution in [0.1, 0.15) is 55.3 Å². The van der Waals surface area contributed by atoms with Crippen LogP contribution in [0, 0.1) is 0 Å². The summed E-state index contributed by atoms with van der Waals surface area (Å²) in [6.45, 7) is 5.57. The lowest BCUT2D eigenvalue weighted by Crippen LogP contribution is -2.39. The molecule has 2 aromatic heterocycles. The van der Waals surface area contributed by atoms with Crippen LogP contribution < -0.4 is 0 Å². The molecule has 118 valence electrons. The summed E-state index contributed by atoms with van der Waals surface area (Å²) in [5, 5.41) is 0. The number of hydrogen-bond donors (Lipinski definition) is 0. The molecule has 0 N–H and O–H groups in total. The van der Waals surface area contributed by atoms with Crippen LogP contribution >= 0.6 is 0 Å². The molecule has 0 bridgehead atoms. The molecule has 5 heteroatoms. The van der Waals surface area contributed by atoms with Gasteiger partial charge in [-0.2, -0.15) is 0 Å². The summed E-state index contributed by atoms with van der Waals surface area (Å²) in [5.41, 5.74) is 1.57. The second-order valence-corrected chi connectivity index (χ2v) is 6.16. The van der Waals surface area contributed by atoms with Crippen molar-refractivity contribution in [3.63, 3.8) is 0 Å². The monoisotopic (exact) mass is 301 g/mol. The van der Waals surface area contributed by atoms with Crippen molar-refractivity contribution in [3.05, 3.63) is 35.9 Å². The first-order chi connectivity index (χ1) is 10.6. The van der Waals surface area contributed by atoms with Gasteiger partial charge in [-0.15, -0.1) is 0 Å². The number of aromatic nitrogens is 2. The van der Waals surface area contributed by atoms with Crippen LogP contribution in [-0.2, 0) is 4.74 Å². The van der Waals surface area contributed by atoms with Crippen LogP contribution in [0.3, 0.4) is 0 Å². The molecule has 1 aliphatic heterocycles. The topological polar surface area (TPSA) is 46.8 Å². The van der Waals surface area contributed by atoms with Crippen LogP contribution in [0.4, 0.5) is 0 Å². The fraction of sp³-hybridized carbons (Fsp3) is 0.529. The molecule has 0 saturated carbocycles. The van der Waals surface area contributed by atoms with Gasteiger partial charge in [0.05, 0.1) is 30.4 Å². The number of imidazole rings is 1. The summed E-state index contributed by atoms with van der Waals surface area (Å²) in [6.07, 6.45) is 7.30. The number of ether oxygens (including phenoxy) is 1. The number of likely N-dealkylation sites (tertiary alicyclic amines) is 1. The van der Waals surface area contributed by atoms with Gasteiger partial charge in [-0.1, -0.05) is 6.42 Å². The SMILES string of the molecule is COC(=O)c1ccc2cnc(C3CCCCN3C(C)C)n2c1. The molecule has 3 rings (SSSR count). The Morgan fingerprint density at radius 1 is 1.36 bits per heavy atom. The smallest absolute Gasteiger partial charge is 0.339 e. The lowest BCUT2D eigenvalue weighted by Gasteiger charge is -2.37. The van der Waals surface area contributed by atoms with Gasteiger partial charge in [-0.25, -0.2) is 9.78 Å². The Morgan fingerprint density at radius 3 is 2.91 bits per heavy atom. The molecule has 0 amide bonds. The first-order valence-electron chi connectivity index (χ1n) is 7.93. The van der Waals surface area contributed by atoms with E-state index in [9.17, 15) is 4.79 Å². The van der Waals surface area contributed by atoms with Gasteiger partial charge in [0.15, 0.2) is 0 Å². The van der Waals surface area contributed by atoms with Crippen molar-refractivity contribution in [1.82, 2.24) is 14.3 Å². The van der Waals surface area contributed by atoms with Crippen LogP contribution in [-0.4, -0.2) is 40.0 Å². The predicted molar refractivity (Wildman–Crippen MR) is 85.0 cm³/mol. The molecule has 0 spiro atoms. The third-order valence-electron chi connectivity index (χ3n) is 4.48. The molecule has 22 heavy (non-hydrogen) atoms. The number of hydrogen-bond acceptors (Lipinski definition) is 4. The minimum absolute atomic E-state index is 0.309. The van der Waals surface area contributed by atoms with Gasteiger partial charge in [0.25, 0.3) is 0 Å². The van der Waals surface area contributed by atoms with E-state index in [1.54, 1.807) is 6.07 Å². The number of esters is 1. The van der Waals surface area contributed by atoms with Crippen molar-refractivity contribution in [2.45, 2.75) is 45.2 Å². The number of fused-ring (bicyclic) bond motifs is 1. The van der Waals surface area contributed by atoms with Gasteiger partial charge in [-0.3, -0.25) is 4.90 Å². The zero-order chi connectivity index (χ0) is 15.7. The minimum Gasteiger partial charge on any atom is -0.465 e. The third kappa shape index (κ3) is 2.61. The van der Waals surface area contributed by atoms with Crippen molar-refractivity contribution < 1.29 is 9.53 Å². The van der Waals surface area contributed by atoms with Gasteiger partial charge in [-0.05, 0) is 45.4 Å². The zero-order valence-electron chi connectivity index (χ0n) is 13.5. The van der Waals surface area contributed by atoms with Crippen molar-refractivity contribution in [1.29, 1.82) is 0 Å². The number of methoxy groups -OCH3 is 1. The highest BCUT2D eigenvalue weighted by molar-refractivity contribution is 5.89. The summed E-state index contributed by atoms with van der Waals surface area (Å²) in [7, 11) is 1.41. The van der Waals surface area contributed by atoms with E-state index < -0.39 is 0 Å². The fourth-order valence-corrected chi connectivity index (χ4v) is 3.34. The molecule has 1 unspecified atom stereocenters. The summed E-state index contributed by atoms with van der Waals surface area (Å²) in [6, 6.07) is 4.50. The number of piperidine rings is 1. The number of nitrogens with zero attached hydrogens (tertiary/aromatic N) is 3. The molecule has 5 nitrogen and oxygen atoms in total. The molecule has 0 radical (unpaired) electrons. The molecule has 0 aromatic carbocycles. The summed E-state index contributed by atoms with van der Waals surface area (Å²) >= 11 is 0. The molecule has 1 aliphatic rings. The van der Waals surface area contributed by atoms with E-state index in [-0.39, 0.29) is 5.97 Å². The van der Waals surface area contributed by atoms with Gasteiger partial charge in [0.1, 0.15) is 5.82 Å². The zero-order valence-corrected chi connectivity index (χ0v) is 13.5. The van der Waals surface area contributed by atoms with Crippen molar-refractivity contribution in [3.8, 4) is 0 Å². The maximum absolute atomic E-state index is 11.8. The van der Waals surface area contributed by atoms with E-state index in [1.807, 2.05) is 22.9 Å². The highest BCUT2D eigenvalue weighted by atomic mass is 16.5. The summed E-state index contributed by atoms with van der Waals surface area (Å²) in [4.78, 5) is 18.9. The highest BCUT2D eigenvalue weighted by Gasteiger charge is 2.29. The van der Waals surface area contributed by atoms with Gasteiger partial charge >= 0.3 is 5.97 Å². The normalized spacial score (nSPS) is 19.7. The first kappa shape index (κ1) is 15.0. The Hall–Kier alpha value is -1.88. The number of rotatable bonds is 3. The Bertz CT molecular complexity index is 678. The van der Waals surface area contributed by atoms with Crippen molar-refractivity contribution in [2.24, 2.45) is 0 Å². The molecule has 2 aromatic rings. The number of pyridine rings is 1. The Morgan fingerprint density at radius 2 is 2.18 bits per heavy atom. The Kier molecular flexibility index (Phi) is 4.16. The van der Waals surface area contributed by atoms with E-state index in [0.717, 1.165) is 24.3 Å². The quantitative estimate of drug-likeness (QED) is 0.818. The molecule has 0 aliphatic carbocycles. The summed E-state index contributed by atoms with van der Waals surface area (Å²) in [5.74, 6) is 0.708. The van der Waals surface area contributed by atoms with E-state index in [2.05, 4.69) is 23.7 Å². The average molecular weight is 301 g/mol. The second-order valence-electron chi connectivity index (χ2n) is 6.16. The molecule has 3 heterocycles.